The van der Waals surface area contributed by atoms with Gasteiger partial charge in [0.2, 0.25) is 5.91 Å². The number of nitrogens with zero attached hydrogens (tertiary/aromatic N) is 1. The molecule has 0 aromatic carbocycles. The van der Waals surface area contributed by atoms with E-state index in [0.29, 0.717) is 6.54 Å². The molecule has 1 aromatic heterocycles. The van der Waals surface area contributed by atoms with E-state index in [4.69, 9.17) is 4.74 Å². The number of pyridine rings is 1. The summed E-state index contributed by atoms with van der Waals surface area (Å²) in [4.78, 5) is 28.8. The van der Waals surface area contributed by atoms with Crippen molar-refractivity contribution in [2.45, 2.75) is 71.1 Å². The highest BCUT2D eigenvalue weighted by atomic mass is 16.6. The Bertz CT molecular complexity index is 569. The predicted octanol–water partition coefficient (Wildman–Crippen LogP) is 3.17. The van der Waals surface area contributed by atoms with Crippen LogP contribution in [0.3, 0.4) is 0 Å². The largest absolute Gasteiger partial charge is 0.444 e. The lowest BCUT2D eigenvalue weighted by atomic mass is 9.93. The third kappa shape index (κ3) is 6.72. The van der Waals surface area contributed by atoms with E-state index >= 15 is 0 Å². The van der Waals surface area contributed by atoms with Crippen LogP contribution < -0.4 is 10.6 Å². The van der Waals surface area contributed by atoms with Crippen molar-refractivity contribution in [3.8, 4) is 0 Å². The minimum Gasteiger partial charge on any atom is -0.444 e. The van der Waals surface area contributed by atoms with Crippen LogP contribution >= 0.6 is 0 Å². The molecule has 2 N–H and O–H groups in total. The van der Waals surface area contributed by atoms with Gasteiger partial charge in [-0.3, -0.25) is 9.78 Å². The lowest BCUT2D eigenvalue weighted by Gasteiger charge is -2.27. The van der Waals surface area contributed by atoms with Gasteiger partial charge in [-0.2, -0.15) is 0 Å². The second-order valence-electron chi connectivity index (χ2n) is 7.58. The first-order chi connectivity index (χ1) is 11.8. The van der Waals surface area contributed by atoms with Crippen molar-refractivity contribution in [2.75, 3.05) is 0 Å². The molecule has 0 spiro atoms. The molecule has 0 unspecified atom stereocenters. The van der Waals surface area contributed by atoms with Gasteiger partial charge in [-0.05, 0) is 45.2 Å². The molecule has 6 heteroatoms. The number of ether oxygens (including phenoxy) is 1. The Balaban J connectivity index is 1.96. The zero-order valence-corrected chi connectivity index (χ0v) is 15.4. The van der Waals surface area contributed by atoms with Gasteiger partial charge in [0.05, 0.1) is 5.92 Å². The first-order valence-electron chi connectivity index (χ1n) is 9.01. The molecule has 25 heavy (non-hydrogen) atoms. The van der Waals surface area contributed by atoms with Crippen molar-refractivity contribution in [3.63, 3.8) is 0 Å². The summed E-state index contributed by atoms with van der Waals surface area (Å²) in [7, 11) is 0. The monoisotopic (exact) mass is 347 g/mol. The summed E-state index contributed by atoms with van der Waals surface area (Å²) in [5, 5.41) is 5.89. The van der Waals surface area contributed by atoms with Crippen molar-refractivity contribution in [2.24, 2.45) is 5.92 Å². The van der Waals surface area contributed by atoms with E-state index in [9.17, 15) is 9.59 Å². The summed E-state index contributed by atoms with van der Waals surface area (Å²) < 4.78 is 5.35. The van der Waals surface area contributed by atoms with E-state index in [1.807, 2.05) is 32.9 Å². The van der Waals surface area contributed by atoms with Gasteiger partial charge < -0.3 is 15.4 Å². The fourth-order valence-corrected chi connectivity index (χ4v) is 3.08. The number of hydrogen-bond acceptors (Lipinski definition) is 4. The van der Waals surface area contributed by atoms with Crippen molar-refractivity contribution in [1.29, 1.82) is 0 Å². The Morgan fingerprint density at radius 2 is 2.00 bits per heavy atom. The molecule has 1 aliphatic carbocycles. The highest BCUT2D eigenvalue weighted by molar-refractivity contribution is 5.80. The van der Waals surface area contributed by atoms with Crippen LogP contribution in [-0.4, -0.2) is 28.6 Å². The van der Waals surface area contributed by atoms with Crippen molar-refractivity contribution < 1.29 is 14.3 Å². The van der Waals surface area contributed by atoms with Crippen LogP contribution in [0, 0.1) is 5.92 Å². The first-order valence-corrected chi connectivity index (χ1v) is 9.01. The second-order valence-corrected chi connectivity index (χ2v) is 7.58. The number of nitrogens with one attached hydrogen (secondary N) is 2. The van der Waals surface area contributed by atoms with Crippen LogP contribution in [-0.2, 0) is 16.1 Å². The summed E-state index contributed by atoms with van der Waals surface area (Å²) in [6.07, 6.45) is 7.65. The highest BCUT2D eigenvalue weighted by Gasteiger charge is 2.31. The zero-order valence-electron chi connectivity index (χ0n) is 15.4. The normalized spacial score (nSPS) is 21.1. The molecule has 1 fully saturated rings. The third-order valence-electron chi connectivity index (χ3n) is 4.24. The fourth-order valence-electron chi connectivity index (χ4n) is 3.08. The van der Waals surface area contributed by atoms with Crippen LogP contribution in [0.2, 0.25) is 0 Å². The van der Waals surface area contributed by atoms with Crippen molar-refractivity contribution in [3.05, 3.63) is 30.1 Å². The molecule has 0 bridgehead atoms. The molecule has 2 atom stereocenters. The van der Waals surface area contributed by atoms with Crippen molar-refractivity contribution >= 4 is 12.0 Å². The summed E-state index contributed by atoms with van der Waals surface area (Å²) in [6, 6.07) is 3.59. The van der Waals surface area contributed by atoms with E-state index < -0.39 is 11.7 Å². The average molecular weight is 347 g/mol. The molecule has 1 aromatic rings. The topological polar surface area (TPSA) is 80.3 Å². The molecule has 138 valence electrons. The molecule has 0 aliphatic heterocycles. The molecular weight excluding hydrogens is 318 g/mol. The zero-order chi connectivity index (χ0) is 18.3. The van der Waals surface area contributed by atoms with E-state index in [0.717, 1.165) is 37.7 Å². The van der Waals surface area contributed by atoms with Gasteiger partial charge in [0, 0.05) is 25.0 Å². The molecule has 6 nitrogen and oxygen atoms in total. The number of alkyl carbamates (subject to hydrolysis) is 1. The first kappa shape index (κ1) is 19.2. The summed E-state index contributed by atoms with van der Waals surface area (Å²) in [5.41, 5.74) is 0.411. The minimum atomic E-state index is -0.549. The van der Waals surface area contributed by atoms with E-state index in [1.54, 1.807) is 12.4 Å². The molecule has 2 rings (SSSR count). The molecule has 0 radical (unpaired) electrons. The minimum absolute atomic E-state index is 0.0215. The number of hydrogen-bond donors (Lipinski definition) is 2. The van der Waals surface area contributed by atoms with Gasteiger partial charge in [0.1, 0.15) is 5.60 Å². The fraction of sp³-hybridized carbons (Fsp3) is 0.632. The van der Waals surface area contributed by atoms with Crippen LogP contribution in [0.4, 0.5) is 4.79 Å². The van der Waals surface area contributed by atoms with Gasteiger partial charge in [0.25, 0.3) is 0 Å². The summed E-state index contributed by atoms with van der Waals surface area (Å²) >= 11 is 0. The SMILES string of the molecule is CC(C)(C)OC(=O)N[C@H]1CCCCC[C@H]1C(=O)NCc1cccnc1. The van der Waals surface area contributed by atoms with Gasteiger partial charge in [-0.25, -0.2) is 4.79 Å². The molecule has 1 aliphatic rings. The van der Waals surface area contributed by atoms with Crippen LogP contribution in [0.1, 0.15) is 58.4 Å². The predicted molar refractivity (Wildman–Crippen MR) is 95.8 cm³/mol. The second kappa shape index (κ2) is 8.83. The number of amides is 2. The van der Waals surface area contributed by atoms with E-state index in [-0.39, 0.29) is 17.9 Å². The number of carbonyl (C=O) groups is 2. The lowest BCUT2D eigenvalue weighted by molar-refractivity contribution is -0.126. The number of rotatable bonds is 4. The molecular formula is C19H29N3O3. The standard InChI is InChI=1S/C19H29N3O3/c1-19(2,3)25-18(24)22-16-10-6-4-5-9-15(16)17(23)21-13-14-8-7-11-20-12-14/h7-8,11-12,15-16H,4-6,9-10,13H2,1-3H3,(H,21,23)(H,22,24)/t15-,16+/m1/s1. The van der Waals surface area contributed by atoms with Crippen LogP contribution in [0.15, 0.2) is 24.5 Å². The highest BCUT2D eigenvalue weighted by Crippen LogP contribution is 2.24. The van der Waals surface area contributed by atoms with E-state index in [1.165, 1.54) is 0 Å². The van der Waals surface area contributed by atoms with Gasteiger partial charge in [-0.1, -0.05) is 25.3 Å². The number of carbonyl (C=O) groups excluding carboxylic acids is 2. The number of aromatic nitrogens is 1. The lowest BCUT2D eigenvalue weighted by Crippen LogP contribution is -2.47. The average Bonchev–Trinajstić information content (AvgIpc) is 2.77. The van der Waals surface area contributed by atoms with Crippen LogP contribution in [0.5, 0.6) is 0 Å². The Hall–Kier alpha value is -2.11. The Labute approximate surface area is 149 Å². The van der Waals surface area contributed by atoms with E-state index in [2.05, 4.69) is 15.6 Å². The summed E-state index contributed by atoms with van der Waals surface area (Å²) in [5.74, 6) is -0.251. The Morgan fingerprint density at radius 3 is 2.68 bits per heavy atom. The molecule has 0 saturated heterocycles. The summed E-state index contributed by atoms with van der Waals surface area (Å²) in [6.45, 7) is 5.94. The quantitative estimate of drug-likeness (QED) is 0.820. The Kier molecular flexibility index (Phi) is 6.79. The third-order valence-corrected chi connectivity index (χ3v) is 4.24. The smallest absolute Gasteiger partial charge is 0.407 e. The van der Waals surface area contributed by atoms with Gasteiger partial charge >= 0.3 is 6.09 Å². The van der Waals surface area contributed by atoms with Crippen LogP contribution in [0.25, 0.3) is 0 Å². The maximum Gasteiger partial charge on any atom is 0.407 e. The maximum absolute atomic E-state index is 12.7. The molecule has 1 saturated carbocycles. The van der Waals surface area contributed by atoms with Crippen molar-refractivity contribution in [1.82, 2.24) is 15.6 Å². The Morgan fingerprint density at radius 1 is 1.24 bits per heavy atom. The van der Waals surface area contributed by atoms with Gasteiger partial charge in [0.15, 0.2) is 0 Å². The maximum atomic E-state index is 12.7. The van der Waals surface area contributed by atoms with Gasteiger partial charge in [-0.15, -0.1) is 0 Å². The molecule has 1 heterocycles. The molecule has 2 amide bonds.